The number of halogens is 2. The Morgan fingerprint density at radius 2 is 1.67 bits per heavy atom. The van der Waals surface area contributed by atoms with E-state index in [0.717, 1.165) is 17.7 Å². The summed E-state index contributed by atoms with van der Waals surface area (Å²) < 4.78 is 36.1. The highest BCUT2D eigenvalue weighted by Gasteiger charge is 2.44. The largest absolute Gasteiger partial charge is 0.379 e. The summed E-state index contributed by atoms with van der Waals surface area (Å²) in [4.78, 5) is 87.4. The minimum absolute atomic E-state index is 0.00733. The molecular weight excluding hydrogens is 835 g/mol. The third kappa shape index (κ3) is 10.1. The van der Waals surface area contributed by atoms with Gasteiger partial charge in [-0.2, -0.15) is 0 Å². The lowest BCUT2D eigenvalue weighted by Gasteiger charge is -2.32. The number of likely N-dealkylation sites (tertiary alicyclic amines) is 1. The third-order valence-electron chi connectivity index (χ3n) is 11.8. The number of piperidine rings is 2. The first-order valence-corrected chi connectivity index (χ1v) is 21.2. The van der Waals surface area contributed by atoms with Crippen LogP contribution in [0.15, 0.2) is 54.7 Å². The van der Waals surface area contributed by atoms with Gasteiger partial charge in [-0.3, -0.25) is 64.1 Å². The summed E-state index contributed by atoms with van der Waals surface area (Å²) in [7, 11) is 0. The number of aromatic nitrogens is 2. The summed E-state index contributed by atoms with van der Waals surface area (Å²) in [5, 5.41) is 13.9. The average Bonchev–Trinajstić information content (AvgIpc) is 3.54. The number of hydroxylamine groups is 1. The minimum Gasteiger partial charge on any atom is -0.379 e. The highest BCUT2D eigenvalue weighted by atomic mass is 19.1. The highest BCUT2D eigenvalue weighted by Crippen LogP contribution is 2.32. The van der Waals surface area contributed by atoms with Crippen molar-refractivity contribution >= 4 is 52.5 Å². The number of fused-ring (bicyclic) bond motifs is 2. The van der Waals surface area contributed by atoms with Gasteiger partial charge in [-0.05, 0) is 61.2 Å². The number of nitrogens with zero attached hydrogens (tertiary/aromatic N) is 5. The third-order valence-corrected chi connectivity index (χ3v) is 11.8. The zero-order valence-electron chi connectivity index (χ0n) is 34.9. The molecular formula is C44H48F2N10O8. The van der Waals surface area contributed by atoms with Crippen LogP contribution in [0.2, 0.25) is 0 Å². The SMILES string of the molecule is N=CC(CNC1CCN(CC(=O)NOCCONc2ccc3c(c2)C(=O)N(C2CCC(=O)NC2=O)C3=O)CC1)c1cnc2cccc(-c3cc(F)c(CN4CCOCC4)c(F)c3)c2n1. The monoisotopic (exact) mass is 882 g/mol. The Hall–Kier alpha value is -6.16. The van der Waals surface area contributed by atoms with Crippen LogP contribution in [-0.2, 0) is 35.3 Å². The van der Waals surface area contributed by atoms with Crippen LogP contribution in [0, 0.1) is 17.0 Å². The number of morpholine rings is 1. The maximum atomic E-state index is 15.4. The fourth-order valence-electron chi connectivity index (χ4n) is 8.31. The molecule has 0 bridgehead atoms. The van der Waals surface area contributed by atoms with Gasteiger partial charge < -0.3 is 15.5 Å². The first-order valence-electron chi connectivity index (χ1n) is 21.2. The number of ether oxygens (including phenoxy) is 1. The highest BCUT2D eigenvalue weighted by molar-refractivity contribution is 6.23. The summed E-state index contributed by atoms with van der Waals surface area (Å²) in [6.45, 7) is 4.34. The van der Waals surface area contributed by atoms with Gasteiger partial charge in [0.1, 0.15) is 30.9 Å². The lowest BCUT2D eigenvalue weighted by atomic mass is 9.99. The van der Waals surface area contributed by atoms with Gasteiger partial charge >= 0.3 is 0 Å². The van der Waals surface area contributed by atoms with E-state index in [4.69, 9.17) is 24.8 Å². The molecule has 5 N–H and O–H groups in total. The van der Waals surface area contributed by atoms with E-state index in [-0.39, 0.29) is 67.8 Å². The first-order chi connectivity index (χ1) is 31.1. The molecule has 0 spiro atoms. The molecule has 18 nitrogen and oxygen atoms in total. The van der Waals surface area contributed by atoms with Crippen molar-refractivity contribution in [3.8, 4) is 11.1 Å². The van der Waals surface area contributed by atoms with E-state index in [1.54, 1.807) is 30.5 Å². The molecule has 0 radical (unpaired) electrons. The second-order valence-corrected chi connectivity index (χ2v) is 16.0. The van der Waals surface area contributed by atoms with E-state index in [0.29, 0.717) is 79.5 Å². The van der Waals surface area contributed by atoms with Crippen molar-refractivity contribution in [2.45, 2.75) is 50.2 Å². The van der Waals surface area contributed by atoms with Crippen LogP contribution < -0.4 is 21.6 Å². The van der Waals surface area contributed by atoms with Crippen LogP contribution >= 0.6 is 0 Å². The second kappa shape index (κ2) is 20.1. The number of hydrogen-bond acceptors (Lipinski definition) is 15. The van der Waals surface area contributed by atoms with Gasteiger partial charge in [0, 0.05) is 81.2 Å². The number of hydrogen-bond donors (Lipinski definition) is 5. The molecule has 336 valence electrons. The van der Waals surface area contributed by atoms with Crippen LogP contribution in [0.1, 0.15) is 63.6 Å². The summed E-state index contributed by atoms with van der Waals surface area (Å²) >= 11 is 0. The van der Waals surface area contributed by atoms with E-state index < -0.39 is 47.2 Å². The fourth-order valence-corrected chi connectivity index (χ4v) is 8.31. The standard InChI is InChI=1S/C44H48F2N10O8/c45-34-18-26(19-35(46)33(34)24-55-12-14-62-15-13-55)30-2-1-3-36-41(30)50-37(23-49-36)27(21-47)22-48-28-8-10-54(11-9-28)25-40(58)53-64-17-16-63-52-29-4-5-31-32(20-29)44(61)56(43(31)60)38-6-7-39(57)51-42(38)59/h1-5,18-21,23,27-28,38,47-48,52H,6-17,22,24-25H2,(H,53,58)(H,51,57,59). The fraction of sp³-hybridized carbons (Fsp3) is 0.409. The van der Waals surface area contributed by atoms with E-state index in [9.17, 15) is 24.0 Å². The van der Waals surface area contributed by atoms with Gasteiger partial charge in [0.25, 0.3) is 17.7 Å². The Kier molecular flexibility index (Phi) is 14.0. The molecule has 8 rings (SSSR count). The summed E-state index contributed by atoms with van der Waals surface area (Å²) in [5.41, 5.74) is 8.25. The number of nitrogens with one attached hydrogen (secondary N) is 5. The van der Waals surface area contributed by atoms with Gasteiger partial charge in [-0.1, -0.05) is 12.1 Å². The smallest absolute Gasteiger partial charge is 0.262 e. The van der Waals surface area contributed by atoms with Gasteiger partial charge in [0.05, 0.1) is 53.3 Å². The van der Waals surface area contributed by atoms with Crippen molar-refractivity contribution in [1.82, 2.24) is 40.8 Å². The van der Waals surface area contributed by atoms with Gasteiger partial charge in [-0.15, -0.1) is 0 Å². The number of carbonyl (C=O) groups is 5. The maximum Gasteiger partial charge on any atom is 0.262 e. The van der Waals surface area contributed by atoms with Crippen LogP contribution in [0.4, 0.5) is 14.5 Å². The van der Waals surface area contributed by atoms with Crippen molar-refractivity contribution in [3.05, 3.63) is 88.7 Å². The van der Waals surface area contributed by atoms with E-state index >= 15 is 8.78 Å². The number of benzene rings is 3. The second-order valence-electron chi connectivity index (χ2n) is 16.0. The van der Waals surface area contributed by atoms with Crippen LogP contribution in [0.5, 0.6) is 0 Å². The lowest BCUT2D eigenvalue weighted by molar-refractivity contribution is -0.137. The molecule has 0 aliphatic carbocycles. The number of para-hydroxylation sites is 1. The van der Waals surface area contributed by atoms with E-state index in [2.05, 4.69) is 26.6 Å². The molecule has 3 fully saturated rings. The summed E-state index contributed by atoms with van der Waals surface area (Å²) in [5.74, 6) is -4.36. The van der Waals surface area contributed by atoms with Crippen LogP contribution in [0.3, 0.4) is 0 Å². The van der Waals surface area contributed by atoms with E-state index in [1.807, 2.05) is 9.80 Å². The number of carbonyl (C=O) groups excluding carboxylic acids is 5. The van der Waals surface area contributed by atoms with Crippen molar-refractivity contribution in [2.24, 2.45) is 0 Å². The van der Waals surface area contributed by atoms with Crippen LogP contribution in [0.25, 0.3) is 22.2 Å². The molecule has 1 aromatic heterocycles. The first kappa shape index (κ1) is 44.4. The summed E-state index contributed by atoms with van der Waals surface area (Å²) in [6, 6.07) is 11.5. The molecule has 3 saturated heterocycles. The van der Waals surface area contributed by atoms with Crippen molar-refractivity contribution in [3.63, 3.8) is 0 Å². The topological polar surface area (TPSA) is 221 Å². The van der Waals surface area contributed by atoms with Gasteiger partial charge in [-0.25, -0.2) is 19.2 Å². The normalized spacial score (nSPS) is 19.2. The summed E-state index contributed by atoms with van der Waals surface area (Å²) in [6.07, 6.45) is 4.56. The molecule has 4 aromatic rings. The molecule has 5 amide bonds. The number of rotatable bonds is 17. The number of anilines is 1. The van der Waals surface area contributed by atoms with Gasteiger partial charge in [0.15, 0.2) is 0 Å². The zero-order chi connectivity index (χ0) is 44.7. The average molecular weight is 883 g/mol. The Bertz CT molecular complexity index is 2420. The minimum atomic E-state index is -1.06. The molecule has 3 aromatic carbocycles. The van der Waals surface area contributed by atoms with Crippen molar-refractivity contribution < 1.29 is 47.2 Å². The predicted octanol–water partition coefficient (Wildman–Crippen LogP) is 2.69. The number of imide groups is 2. The molecule has 2 unspecified atom stereocenters. The number of amides is 5. The maximum absolute atomic E-state index is 15.4. The lowest BCUT2D eigenvalue weighted by Crippen LogP contribution is -2.54. The van der Waals surface area contributed by atoms with Crippen molar-refractivity contribution in [1.29, 1.82) is 5.41 Å². The Morgan fingerprint density at radius 3 is 2.42 bits per heavy atom. The quantitative estimate of drug-likeness (QED) is 0.0446. The molecule has 64 heavy (non-hydrogen) atoms. The molecule has 20 heteroatoms. The Balaban J connectivity index is 0.750. The molecule has 4 aliphatic heterocycles. The zero-order valence-corrected chi connectivity index (χ0v) is 34.9. The van der Waals surface area contributed by atoms with Crippen molar-refractivity contribution in [2.75, 3.05) is 71.2 Å². The Labute approximate surface area is 366 Å². The predicted molar refractivity (Wildman–Crippen MR) is 227 cm³/mol. The Morgan fingerprint density at radius 1 is 0.922 bits per heavy atom. The van der Waals surface area contributed by atoms with Gasteiger partial charge in [0.2, 0.25) is 11.8 Å². The molecule has 4 aliphatic rings. The van der Waals surface area contributed by atoms with Crippen LogP contribution in [-0.4, -0.2) is 138 Å². The molecule has 2 atom stereocenters. The molecule has 0 saturated carbocycles. The van der Waals surface area contributed by atoms with E-state index in [1.165, 1.54) is 30.5 Å². The molecule has 5 heterocycles.